The van der Waals surface area contributed by atoms with Gasteiger partial charge in [0.05, 0.1) is 0 Å². The lowest BCUT2D eigenvalue weighted by Crippen LogP contribution is -2.29. The van der Waals surface area contributed by atoms with E-state index < -0.39 is 0 Å². The average Bonchev–Trinajstić information content (AvgIpc) is 3.06. The molecule has 1 heterocycles. The third-order valence-electron chi connectivity index (χ3n) is 4.28. The van der Waals surface area contributed by atoms with E-state index in [2.05, 4.69) is 10.3 Å². The Kier molecular flexibility index (Phi) is 8.69. The highest BCUT2D eigenvalue weighted by atomic mass is 35.5. The molecule has 0 radical (unpaired) electrons. The Morgan fingerprint density at radius 3 is 2.56 bits per heavy atom. The molecule has 1 aliphatic rings. The number of rotatable bonds is 5. The lowest BCUT2D eigenvalue weighted by atomic mass is 9.95. The molecule has 3 N–H and O–H groups in total. The zero-order valence-electron chi connectivity index (χ0n) is 13.8. The Hall–Kier alpha value is -1.82. The Morgan fingerprint density at radius 2 is 1.92 bits per heavy atom. The average molecular weight is 384 g/mol. The van der Waals surface area contributed by atoms with Gasteiger partial charge in [-0.25, -0.2) is 4.98 Å². The van der Waals surface area contributed by atoms with Crippen molar-refractivity contribution in [3.05, 3.63) is 48.7 Å². The number of carbonyl (C=O) groups is 1. The van der Waals surface area contributed by atoms with Gasteiger partial charge in [0.15, 0.2) is 0 Å². The van der Waals surface area contributed by atoms with Crippen LogP contribution in [0.15, 0.2) is 48.7 Å². The van der Waals surface area contributed by atoms with E-state index in [0.717, 1.165) is 24.9 Å². The number of nitrogens with zero attached hydrogens (tertiary/aromatic N) is 1. The number of ether oxygens (including phenoxy) is 1. The summed E-state index contributed by atoms with van der Waals surface area (Å²) in [5.41, 5.74) is 6.52. The van der Waals surface area contributed by atoms with E-state index in [-0.39, 0.29) is 36.6 Å². The molecule has 0 spiro atoms. The first kappa shape index (κ1) is 21.2. The number of pyridine rings is 1. The number of hydrogen-bond donors (Lipinski definition) is 2. The minimum absolute atomic E-state index is 0. The van der Waals surface area contributed by atoms with Gasteiger partial charge in [-0.2, -0.15) is 0 Å². The molecular weight excluding hydrogens is 361 g/mol. The highest BCUT2D eigenvalue weighted by Crippen LogP contribution is 2.32. The van der Waals surface area contributed by atoms with Crippen molar-refractivity contribution in [2.24, 2.45) is 17.6 Å². The largest absolute Gasteiger partial charge is 0.439 e. The van der Waals surface area contributed by atoms with Gasteiger partial charge in [0.1, 0.15) is 5.75 Å². The number of nitrogens with two attached hydrogens (primary N) is 1. The molecule has 1 aliphatic carbocycles. The van der Waals surface area contributed by atoms with Crippen LogP contribution in [0.25, 0.3) is 0 Å². The van der Waals surface area contributed by atoms with Crippen molar-refractivity contribution >= 4 is 36.4 Å². The van der Waals surface area contributed by atoms with Crippen molar-refractivity contribution in [1.29, 1.82) is 0 Å². The maximum atomic E-state index is 12.4. The van der Waals surface area contributed by atoms with Crippen molar-refractivity contribution in [3.63, 3.8) is 0 Å². The van der Waals surface area contributed by atoms with Crippen molar-refractivity contribution in [2.45, 2.75) is 19.3 Å². The summed E-state index contributed by atoms with van der Waals surface area (Å²) < 4.78 is 5.63. The van der Waals surface area contributed by atoms with E-state index in [4.69, 9.17) is 10.5 Å². The Labute approximate surface area is 160 Å². The summed E-state index contributed by atoms with van der Waals surface area (Å²) in [7, 11) is 0. The Bertz CT molecular complexity index is 653. The second kappa shape index (κ2) is 10.2. The first-order valence-electron chi connectivity index (χ1n) is 7.96. The van der Waals surface area contributed by atoms with Gasteiger partial charge in [-0.1, -0.05) is 12.5 Å². The highest BCUT2D eigenvalue weighted by Gasteiger charge is 2.31. The first-order valence-corrected chi connectivity index (χ1v) is 7.96. The van der Waals surface area contributed by atoms with E-state index in [0.29, 0.717) is 24.1 Å². The lowest BCUT2D eigenvalue weighted by Gasteiger charge is -2.17. The van der Waals surface area contributed by atoms with E-state index in [1.165, 1.54) is 0 Å². The molecule has 1 fully saturated rings. The predicted molar refractivity (Wildman–Crippen MR) is 104 cm³/mol. The number of anilines is 1. The van der Waals surface area contributed by atoms with Crippen molar-refractivity contribution in [2.75, 3.05) is 11.9 Å². The van der Waals surface area contributed by atoms with Gasteiger partial charge in [0.25, 0.3) is 0 Å². The van der Waals surface area contributed by atoms with Gasteiger partial charge in [-0.3, -0.25) is 4.79 Å². The van der Waals surface area contributed by atoms with Crippen LogP contribution in [0.2, 0.25) is 0 Å². The fourth-order valence-electron chi connectivity index (χ4n) is 3.03. The van der Waals surface area contributed by atoms with Crippen molar-refractivity contribution in [1.82, 2.24) is 4.98 Å². The van der Waals surface area contributed by atoms with Crippen molar-refractivity contribution < 1.29 is 9.53 Å². The number of nitrogens with one attached hydrogen (secondary N) is 1. The molecule has 1 saturated carbocycles. The molecule has 1 amide bonds. The number of aromatic nitrogens is 1. The molecule has 7 heteroatoms. The molecule has 5 nitrogen and oxygen atoms in total. The molecule has 0 bridgehead atoms. The van der Waals surface area contributed by atoms with Gasteiger partial charge in [-0.15, -0.1) is 24.8 Å². The molecule has 0 saturated heterocycles. The number of carbonyl (C=O) groups excluding carboxylic acids is 1. The lowest BCUT2D eigenvalue weighted by molar-refractivity contribution is -0.120. The van der Waals surface area contributed by atoms with E-state index in [1.54, 1.807) is 12.3 Å². The summed E-state index contributed by atoms with van der Waals surface area (Å²) in [5.74, 6) is 1.63. The molecule has 3 rings (SSSR count). The van der Waals surface area contributed by atoms with E-state index in [9.17, 15) is 4.79 Å². The molecule has 136 valence electrons. The van der Waals surface area contributed by atoms with Gasteiger partial charge in [0.2, 0.25) is 11.8 Å². The summed E-state index contributed by atoms with van der Waals surface area (Å²) in [6, 6.07) is 12.8. The van der Waals surface area contributed by atoms with Crippen LogP contribution in [0.4, 0.5) is 5.69 Å². The molecule has 2 aromatic rings. The maximum Gasteiger partial charge on any atom is 0.227 e. The zero-order valence-corrected chi connectivity index (χ0v) is 15.4. The van der Waals surface area contributed by atoms with Gasteiger partial charge in [-0.05, 0) is 55.6 Å². The third-order valence-corrected chi connectivity index (χ3v) is 4.28. The first-order chi connectivity index (χ1) is 11.3. The zero-order chi connectivity index (χ0) is 16.1. The van der Waals surface area contributed by atoms with Crippen molar-refractivity contribution in [3.8, 4) is 11.6 Å². The summed E-state index contributed by atoms with van der Waals surface area (Å²) >= 11 is 0. The molecule has 1 aromatic heterocycles. The van der Waals surface area contributed by atoms with Crippen LogP contribution in [0.1, 0.15) is 19.3 Å². The minimum Gasteiger partial charge on any atom is -0.439 e. The quantitative estimate of drug-likeness (QED) is 0.816. The number of amides is 1. The van der Waals surface area contributed by atoms with Crippen LogP contribution in [0.3, 0.4) is 0 Å². The van der Waals surface area contributed by atoms with E-state index >= 15 is 0 Å². The van der Waals surface area contributed by atoms with Gasteiger partial charge in [0, 0.05) is 23.9 Å². The SMILES string of the molecule is Cl.Cl.NC[C@H]1CCC[C@H]1C(=O)Nc1ccc(Oc2ccccn2)cc1. The summed E-state index contributed by atoms with van der Waals surface area (Å²) in [6.45, 7) is 0.578. The fourth-order valence-corrected chi connectivity index (χ4v) is 3.03. The van der Waals surface area contributed by atoms with Gasteiger partial charge < -0.3 is 15.8 Å². The van der Waals surface area contributed by atoms with Crippen LogP contribution in [0, 0.1) is 11.8 Å². The topological polar surface area (TPSA) is 77.2 Å². The summed E-state index contributed by atoms with van der Waals surface area (Å²) in [5, 5.41) is 2.97. The molecule has 0 aliphatic heterocycles. The second-order valence-electron chi connectivity index (χ2n) is 5.82. The second-order valence-corrected chi connectivity index (χ2v) is 5.82. The molecule has 2 atom stereocenters. The van der Waals surface area contributed by atoms with Crippen LogP contribution in [0.5, 0.6) is 11.6 Å². The predicted octanol–water partition coefficient (Wildman–Crippen LogP) is 4.03. The summed E-state index contributed by atoms with van der Waals surface area (Å²) in [6.07, 6.45) is 4.73. The molecular formula is C18H23Cl2N3O2. The Morgan fingerprint density at radius 1 is 1.16 bits per heavy atom. The number of benzene rings is 1. The third kappa shape index (κ3) is 5.59. The van der Waals surface area contributed by atoms with Crippen LogP contribution in [-0.4, -0.2) is 17.4 Å². The van der Waals surface area contributed by atoms with Crippen LogP contribution < -0.4 is 15.8 Å². The number of hydrogen-bond acceptors (Lipinski definition) is 4. The Balaban J connectivity index is 0.00000156. The standard InChI is InChI=1S/C18H21N3O2.2ClH/c19-12-13-4-3-5-16(13)18(22)21-14-7-9-15(10-8-14)23-17-6-1-2-11-20-17;;/h1-2,6-11,13,16H,3-5,12,19H2,(H,21,22);2*1H/t13-,16-;;/m1../s1. The smallest absolute Gasteiger partial charge is 0.227 e. The molecule has 0 unspecified atom stereocenters. The number of halogens is 2. The fraction of sp³-hybridized carbons (Fsp3) is 0.333. The van der Waals surface area contributed by atoms with Crippen LogP contribution >= 0.6 is 24.8 Å². The van der Waals surface area contributed by atoms with Crippen LogP contribution in [-0.2, 0) is 4.79 Å². The highest BCUT2D eigenvalue weighted by molar-refractivity contribution is 5.93. The van der Waals surface area contributed by atoms with Gasteiger partial charge >= 0.3 is 0 Å². The molecule has 1 aromatic carbocycles. The molecule has 25 heavy (non-hydrogen) atoms. The van der Waals surface area contributed by atoms with E-state index in [1.807, 2.05) is 36.4 Å². The monoisotopic (exact) mass is 383 g/mol. The maximum absolute atomic E-state index is 12.4. The minimum atomic E-state index is 0. The normalized spacial score (nSPS) is 18.6. The summed E-state index contributed by atoms with van der Waals surface area (Å²) in [4.78, 5) is 16.5.